The molecule has 0 aliphatic rings. The number of hydrogen-bond acceptors (Lipinski definition) is 5. The third kappa shape index (κ3) is 8.56. The van der Waals surface area contributed by atoms with Crippen LogP contribution in [0.3, 0.4) is 0 Å². The molecule has 2 aromatic rings. The van der Waals surface area contributed by atoms with Gasteiger partial charge in [0.1, 0.15) is 11.5 Å². The lowest BCUT2D eigenvalue weighted by Crippen LogP contribution is -2.38. The van der Waals surface area contributed by atoms with Crippen LogP contribution in [-0.4, -0.2) is 47.0 Å². The largest absolute Gasteiger partial charge is 0.497 e. The Morgan fingerprint density at radius 3 is 2.37 bits per heavy atom. The fourth-order valence-corrected chi connectivity index (χ4v) is 2.65. The van der Waals surface area contributed by atoms with Gasteiger partial charge in [0, 0.05) is 19.2 Å². The van der Waals surface area contributed by atoms with E-state index in [9.17, 15) is 0 Å². The lowest BCUT2D eigenvalue weighted by atomic mass is 10.2. The van der Waals surface area contributed by atoms with E-state index in [1.165, 1.54) is 0 Å². The summed E-state index contributed by atoms with van der Waals surface area (Å²) in [6, 6.07) is 13.4. The van der Waals surface area contributed by atoms with Crippen LogP contribution >= 0.6 is 24.0 Å². The molecule has 8 heteroatoms. The van der Waals surface area contributed by atoms with E-state index in [1.54, 1.807) is 21.3 Å². The number of nitrogens with one attached hydrogen (secondary N) is 2. The first-order valence-electron chi connectivity index (χ1n) is 9.70. The van der Waals surface area contributed by atoms with Gasteiger partial charge in [0.15, 0.2) is 17.5 Å². The van der Waals surface area contributed by atoms with E-state index in [-0.39, 0.29) is 24.0 Å². The molecule has 0 spiro atoms. The number of methoxy groups -OCH3 is 3. The van der Waals surface area contributed by atoms with Gasteiger partial charge in [0.25, 0.3) is 0 Å². The zero-order valence-electron chi connectivity index (χ0n) is 18.1. The van der Waals surface area contributed by atoms with E-state index in [1.807, 2.05) is 49.4 Å². The van der Waals surface area contributed by atoms with Crippen LogP contribution < -0.4 is 29.6 Å². The monoisotopic (exact) mass is 529 g/mol. The summed E-state index contributed by atoms with van der Waals surface area (Å²) in [5.74, 6) is 3.77. The highest BCUT2D eigenvalue weighted by atomic mass is 127. The van der Waals surface area contributed by atoms with Crippen molar-refractivity contribution in [3.8, 4) is 23.0 Å². The molecule has 0 saturated heterocycles. The van der Waals surface area contributed by atoms with Gasteiger partial charge < -0.3 is 29.6 Å². The molecule has 0 amide bonds. The van der Waals surface area contributed by atoms with Crippen molar-refractivity contribution in [2.75, 3.05) is 41.0 Å². The summed E-state index contributed by atoms with van der Waals surface area (Å²) in [6.07, 6.45) is 0.845. The second-order valence-electron chi connectivity index (χ2n) is 6.19. The number of ether oxygens (including phenoxy) is 4. The molecule has 0 saturated carbocycles. The van der Waals surface area contributed by atoms with Gasteiger partial charge in [-0.3, -0.25) is 0 Å². The number of aliphatic imine (C=N–C) groups is 1. The Morgan fingerprint density at radius 1 is 0.900 bits per heavy atom. The van der Waals surface area contributed by atoms with Gasteiger partial charge in [-0.15, -0.1) is 24.0 Å². The molecule has 2 rings (SSSR count). The lowest BCUT2D eigenvalue weighted by molar-refractivity contribution is 0.308. The number of hydrogen-bond donors (Lipinski definition) is 2. The van der Waals surface area contributed by atoms with Crippen LogP contribution in [0.5, 0.6) is 23.0 Å². The predicted octanol–water partition coefficient (Wildman–Crippen LogP) is 3.85. The van der Waals surface area contributed by atoms with E-state index in [0.717, 1.165) is 42.5 Å². The van der Waals surface area contributed by atoms with E-state index in [4.69, 9.17) is 18.9 Å². The fraction of sp³-hybridized carbons (Fsp3) is 0.409. The van der Waals surface area contributed by atoms with Gasteiger partial charge in [-0.2, -0.15) is 0 Å². The number of guanidine groups is 1. The molecule has 0 atom stereocenters. The van der Waals surface area contributed by atoms with Crippen LogP contribution in [0.15, 0.2) is 47.5 Å². The maximum Gasteiger partial charge on any atom is 0.191 e. The highest BCUT2D eigenvalue weighted by Gasteiger charge is 2.05. The van der Waals surface area contributed by atoms with E-state index in [0.29, 0.717) is 24.7 Å². The Morgan fingerprint density at radius 2 is 1.67 bits per heavy atom. The van der Waals surface area contributed by atoms with Gasteiger partial charge in [-0.25, -0.2) is 4.99 Å². The van der Waals surface area contributed by atoms with Crippen molar-refractivity contribution in [1.29, 1.82) is 0 Å². The topological polar surface area (TPSA) is 73.3 Å². The molecule has 0 aromatic heterocycles. The normalized spacial score (nSPS) is 10.6. The molecule has 0 bridgehead atoms. The third-order valence-electron chi connectivity index (χ3n) is 4.14. The van der Waals surface area contributed by atoms with E-state index < -0.39 is 0 Å². The van der Waals surface area contributed by atoms with Crippen molar-refractivity contribution >= 4 is 29.9 Å². The standard InChI is InChI=1S/C22H31N3O4.HI/c1-5-23-22(25-16-17-10-11-20(27-3)21(14-17)28-4)24-12-7-13-29-19-9-6-8-18(15-19)26-2;/h6,8-11,14-15H,5,7,12-13,16H2,1-4H3,(H2,23,24,25);1H. The molecule has 30 heavy (non-hydrogen) atoms. The third-order valence-corrected chi connectivity index (χ3v) is 4.14. The van der Waals surface area contributed by atoms with Gasteiger partial charge in [0.2, 0.25) is 0 Å². The summed E-state index contributed by atoms with van der Waals surface area (Å²) in [6.45, 7) is 4.73. The molecule has 7 nitrogen and oxygen atoms in total. The summed E-state index contributed by atoms with van der Waals surface area (Å²) in [4.78, 5) is 4.63. The molecule has 0 fully saturated rings. The number of halogens is 1. The second-order valence-corrected chi connectivity index (χ2v) is 6.19. The van der Waals surface area contributed by atoms with Crippen LogP contribution in [0.25, 0.3) is 0 Å². The Labute approximate surface area is 196 Å². The van der Waals surface area contributed by atoms with Crippen LogP contribution in [0, 0.1) is 0 Å². The smallest absolute Gasteiger partial charge is 0.191 e. The Kier molecular flexibility index (Phi) is 12.5. The Bertz CT molecular complexity index is 787. The zero-order valence-corrected chi connectivity index (χ0v) is 20.4. The first kappa shape index (κ1) is 25.7. The summed E-state index contributed by atoms with van der Waals surface area (Å²) in [5, 5.41) is 6.58. The summed E-state index contributed by atoms with van der Waals surface area (Å²) in [5.41, 5.74) is 1.04. The molecule has 2 N–H and O–H groups in total. The molecule has 0 radical (unpaired) electrons. The summed E-state index contributed by atoms with van der Waals surface area (Å²) >= 11 is 0. The predicted molar refractivity (Wildman–Crippen MR) is 131 cm³/mol. The van der Waals surface area contributed by atoms with Gasteiger partial charge in [0.05, 0.1) is 34.5 Å². The number of nitrogens with zero attached hydrogens (tertiary/aromatic N) is 1. The quantitative estimate of drug-likeness (QED) is 0.200. The molecule has 0 aliphatic carbocycles. The van der Waals surface area contributed by atoms with Crippen molar-refractivity contribution in [2.45, 2.75) is 19.9 Å². The maximum absolute atomic E-state index is 5.76. The van der Waals surface area contributed by atoms with Gasteiger partial charge >= 0.3 is 0 Å². The summed E-state index contributed by atoms with van der Waals surface area (Å²) < 4.78 is 21.6. The SMILES string of the molecule is CCNC(=NCc1ccc(OC)c(OC)c1)NCCCOc1cccc(OC)c1.I. The minimum absolute atomic E-state index is 0. The molecule has 166 valence electrons. The number of rotatable bonds is 11. The van der Waals surface area contributed by atoms with Crippen molar-refractivity contribution in [3.05, 3.63) is 48.0 Å². The molecule has 0 aliphatic heterocycles. The minimum Gasteiger partial charge on any atom is -0.497 e. The molecular weight excluding hydrogens is 497 g/mol. The average Bonchev–Trinajstić information content (AvgIpc) is 2.77. The van der Waals surface area contributed by atoms with Crippen molar-refractivity contribution in [3.63, 3.8) is 0 Å². The fourth-order valence-electron chi connectivity index (χ4n) is 2.65. The average molecular weight is 529 g/mol. The Hall–Kier alpha value is -2.36. The van der Waals surface area contributed by atoms with Crippen LogP contribution in [-0.2, 0) is 6.54 Å². The zero-order chi connectivity index (χ0) is 20.9. The first-order valence-corrected chi connectivity index (χ1v) is 9.70. The minimum atomic E-state index is 0. The molecule has 0 heterocycles. The second kappa shape index (κ2) is 14.6. The molecule has 0 unspecified atom stereocenters. The van der Waals surface area contributed by atoms with Crippen molar-refractivity contribution in [2.24, 2.45) is 4.99 Å². The van der Waals surface area contributed by atoms with E-state index in [2.05, 4.69) is 15.6 Å². The van der Waals surface area contributed by atoms with Crippen molar-refractivity contribution in [1.82, 2.24) is 10.6 Å². The van der Waals surface area contributed by atoms with Crippen LogP contribution in [0.4, 0.5) is 0 Å². The number of benzene rings is 2. The molecule has 2 aromatic carbocycles. The summed E-state index contributed by atoms with van der Waals surface area (Å²) in [7, 11) is 4.90. The maximum atomic E-state index is 5.76. The first-order chi connectivity index (χ1) is 14.2. The van der Waals surface area contributed by atoms with Crippen molar-refractivity contribution < 1.29 is 18.9 Å². The van der Waals surface area contributed by atoms with Gasteiger partial charge in [-0.1, -0.05) is 12.1 Å². The highest BCUT2D eigenvalue weighted by Crippen LogP contribution is 2.27. The lowest BCUT2D eigenvalue weighted by Gasteiger charge is -2.13. The Balaban J connectivity index is 0.00000450. The molecular formula is C22H32IN3O4. The van der Waals surface area contributed by atoms with E-state index >= 15 is 0 Å². The van der Waals surface area contributed by atoms with Gasteiger partial charge in [-0.05, 0) is 43.2 Å². The van der Waals surface area contributed by atoms with Crippen LogP contribution in [0.2, 0.25) is 0 Å². The highest BCUT2D eigenvalue weighted by molar-refractivity contribution is 14.0. The van der Waals surface area contributed by atoms with Crippen LogP contribution in [0.1, 0.15) is 18.9 Å².